The van der Waals surface area contributed by atoms with Crippen molar-refractivity contribution in [2.75, 3.05) is 32.1 Å². The van der Waals surface area contributed by atoms with E-state index in [4.69, 9.17) is 0 Å². The van der Waals surface area contributed by atoms with Gasteiger partial charge in [-0.15, -0.1) is 0 Å². The summed E-state index contributed by atoms with van der Waals surface area (Å²) in [6.45, 7) is 3.65. The van der Waals surface area contributed by atoms with Crippen molar-refractivity contribution in [1.82, 2.24) is 10.2 Å². The summed E-state index contributed by atoms with van der Waals surface area (Å²) in [4.78, 5) is 27.6. The average Bonchev–Trinajstić information content (AvgIpc) is 2.86. The largest absolute Gasteiger partial charge is 0.378 e. The summed E-state index contributed by atoms with van der Waals surface area (Å²) in [5.41, 5.74) is 2.17. The third-order valence-electron chi connectivity index (χ3n) is 3.86. The lowest BCUT2D eigenvalue weighted by Gasteiger charge is -2.15. The summed E-state index contributed by atoms with van der Waals surface area (Å²) >= 11 is 0. The second-order valence-electron chi connectivity index (χ2n) is 5.62. The molecule has 0 saturated carbocycles. The van der Waals surface area contributed by atoms with Crippen molar-refractivity contribution < 1.29 is 9.59 Å². The molecule has 1 aliphatic rings. The first-order chi connectivity index (χ1) is 10.0. The standard InChI is InChI=1S/C16H23N3O2/c1-4-19-11-13(9-15(19)20)16(21)17-10-12-6-5-7-14(8-12)18(2)3/h5-8,13H,4,9-11H2,1-3H3,(H,17,21)/t13-/m0/s1. The van der Waals surface area contributed by atoms with Crippen LogP contribution in [0, 0.1) is 5.92 Å². The SMILES string of the molecule is CCN1C[C@@H](C(=O)NCc2cccc(N(C)C)c2)CC1=O. The first kappa shape index (κ1) is 15.4. The van der Waals surface area contributed by atoms with Crippen molar-refractivity contribution in [1.29, 1.82) is 0 Å². The Bertz CT molecular complexity index is 528. The Kier molecular flexibility index (Phi) is 4.83. The van der Waals surface area contributed by atoms with E-state index in [0.29, 0.717) is 26.1 Å². The molecule has 0 aromatic heterocycles. The van der Waals surface area contributed by atoms with Crippen LogP contribution in [0.1, 0.15) is 18.9 Å². The molecule has 1 saturated heterocycles. The smallest absolute Gasteiger partial charge is 0.225 e. The summed E-state index contributed by atoms with van der Waals surface area (Å²) in [6.07, 6.45) is 0.331. The average molecular weight is 289 g/mol. The Morgan fingerprint density at radius 1 is 1.43 bits per heavy atom. The maximum Gasteiger partial charge on any atom is 0.225 e. The van der Waals surface area contributed by atoms with Crippen molar-refractivity contribution in [2.24, 2.45) is 5.92 Å². The van der Waals surface area contributed by atoms with Crippen LogP contribution >= 0.6 is 0 Å². The fourth-order valence-corrected chi connectivity index (χ4v) is 2.53. The maximum absolute atomic E-state index is 12.1. The number of carbonyl (C=O) groups excluding carboxylic acids is 2. The van der Waals surface area contributed by atoms with Gasteiger partial charge in [-0.1, -0.05) is 12.1 Å². The highest BCUT2D eigenvalue weighted by Gasteiger charge is 2.33. The minimum absolute atomic E-state index is 0.0328. The lowest BCUT2D eigenvalue weighted by Crippen LogP contribution is -2.32. The predicted molar refractivity (Wildman–Crippen MR) is 83.0 cm³/mol. The number of rotatable bonds is 5. The van der Waals surface area contributed by atoms with E-state index in [2.05, 4.69) is 11.4 Å². The molecule has 2 amide bonds. The molecule has 1 aliphatic heterocycles. The van der Waals surface area contributed by atoms with Gasteiger partial charge in [-0.2, -0.15) is 0 Å². The monoisotopic (exact) mass is 289 g/mol. The molecule has 0 unspecified atom stereocenters. The lowest BCUT2D eigenvalue weighted by atomic mass is 10.1. The third-order valence-corrected chi connectivity index (χ3v) is 3.86. The fourth-order valence-electron chi connectivity index (χ4n) is 2.53. The number of anilines is 1. The highest BCUT2D eigenvalue weighted by molar-refractivity contribution is 5.89. The Morgan fingerprint density at radius 2 is 2.19 bits per heavy atom. The first-order valence-electron chi connectivity index (χ1n) is 7.33. The Balaban J connectivity index is 1.90. The quantitative estimate of drug-likeness (QED) is 0.887. The van der Waals surface area contributed by atoms with Gasteiger partial charge in [-0.05, 0) is 24.6 Å². The van der Waals surface area contributed by atoms with Crippen LogP contribution in [-0.2, 0) is 16.1 Å². The first-order valence-corrected chi connectivity index (χ1v) is 7.33. The van der Waals surface area contributed by atoms with Crippen LogP contribution in [0.4, 0.5) is 5.69 Å². The number of nitrogens with zero attached hydrogens (tertiary/aromatic N) is 2. The van der Waals surface area contributed by atoms with E-state index in [9.17, 15) is 9.59 Å². The number of carbonyl (C=O) groups is 2. The molecular formula is C16H23N3O2. The Labute approximate surface area is 125 Å². The molecule has 0 spiro atoms. The molecule has 5 nitrogen and oxygen atoms in total. The summed E-state index contributed by atoms with van der Waals surface area (Å²) in [5, 5.41) is 2.94. The molecule has 2 rings (SSSR count). The van der Waals surface area contributed by atoms with Gasteiger partial charge >= 0.3 is 0 Å². The molecule has 1 N–H and O–H groups in total. The van der Waals surface area contributed by atoms with Gasteiger partial charge < -0.3 is 15.1 Å². The Hall–Kier alpha value is -2.04. The predicted octanol–water partition coefficient (Wildman–Crippen LogP) is 1.24. The highest BCUT2D eigenvalue weighted by Crippen LogP contribution is 2.18. The zero-order valence-electron chi connectivity index (χ0n) is 12.9. The van der Waals surface area contributed by atoms with E-state index in [1.165, 1.54) is 0 Å². The van der Waals surface area contributed by atoms with E-state index in [1.807, 2.05) is 44.1 Å². The molecule has 0 aliphatic carbocycles. The zero-order chi connectivity index (χ0) is 15.4. The molecule has 0 bridgehead atoms. The number of nitrogens with one attached hydrogen (secondary N) is 1. The van der Waals surface area contributed by atoms with Crippen LogP contribution in [0.3, 0.4) is 0 Å². The molecular weight excluding hydrogens is 266 g/mol. The molecule has 1 fully saturated rings. The van der Waals surface area contributed by atoms with Crippen molar-refractivity contribution >= 4 is 17.5 Å². The van der Waals surface area contributed by atoms with Gasteiger partial charge in [0.15, 0.2) is 0 Å². The molecule has 1 heterocycles. The molecule has 1 aromatic rings. The van der Waals surface area contributed by atoms with E-state index in [0.717, 1.165) is 11.3 Å². The summed E-state index contributed by atoms with van der Waals surface area (Å²) in [5.74, 6) is -0.170. The van der Waals surface area contributed by atoms with Gasteiger partial charge in [0.25, 0.3) is 0 Å². The Morgan fingerprint density at radius 3 is 2.81 bits per heavy atom. The van der Waals surface area contributed by atoms with Gasteiger partial charge in [0, 0.05) is 45.8 Å². The van der Waals surface area contributed by atoms with Crippen molar-refractivity contribution in [3.8, 4) is 0 Å². The molecule has 1 aromatic carbocycles. The lowest BCUT2D eigenvalue weighted by molar-refractivity contribution is -0.128. The van der Waals surface area contributed by atoms with E-state index in [-0.39, 0.29) is 17.7 Å². The fraction of sp³-hybridized carbons (Fsp3) is 0.500. The van der Waals surface area contributed by atoms with Crippen LogP contribution in [0.15, 0.2) is 24.3 Å². The molecule has 21 heavy (non-hydrogen) atoms. The number of hydrogen-bond acceptors (Lipinski definition) is 3. The number of benzene rings is 1. The van der Waals surface area contributed by atoms with Gasteiger partial charge in [0.1, 0.15) is 0 Å². The second-order valence-corrected chi connectivity index (χ2v) is 5.62. The molecule has 1 atom stereocenters. The van der Waals surface area contributed by atoms with Crippen LogP contribution in [0.5, 0.6) is 0 Å². The van der Waals surface area contributed by atoms with Gasteiger partial charge in [-0.3, -0.25) is 9.59 Å². The van der Waals surface area contributed by atoms with Gasteiger partial charge in [0.05, 0.1) is 5.92 Å². The van der Waals surface area contributed by atoms with Crippen molar-refractivity contribution in [3.05, 3.63) is 29.8 Å². The number of hydrogen-bond donors (Lipinski definition) is 1. The van der Waals surface area contributed by atoms with E-state index < -0.39 is 0 Å². The highest BCUT2D eigenvalue weighted by atomic mass is 16.2. The third kappa shape index (κ3) is 3.74. The minimum atomic E-state index is -0.213. The minimum Gasteiger partial charge on any atom is -0.378 e. The van der Waals surface area contributed by atoms with Crippen molar-refractivity contribution in [2.45, 2.75) is 19.9 Å². The van der Waals surface area contributed by atoms with E-state index >= 15 is 0 Å². The van der Waals surface area contributed by atoms with E-state index in [1.54, 1.807) is 4.90 Å². The molecule has 114 valence electrons. The molecule has 5 heteroatoms. The normalized spacial score (nSPS) is 18.0. The van der Waals surface area contributed by atoms with Crippen LogP contribution in [0.2, 0.25) is 0 Å². The van der Waals surface area contributed by atoms with Crippen LogP contribution < -0.4 is 10.2 Å². The van der Waals surface area contributed by atoms with Gasteiger partial charge in [-0.25, -0.2) is 0 Å². The van der Waals surface area contributed by atoms with Crippen molar-refractivity contribution in [3.63, 3.8) is 0 Å². The second kappa shape index (κ2) is 6.61. The van der Waals surface area contributed by atoms with Gasteiger partial charge in [0.2, 0.25) is 11.8 Å². The van der Waals surface area contributed by atoms with Crippen LogP contribution in [-0.4, -0.2) is 43.9 Å². The zero-order valence-corrected chi connectivity index (χ0v) is 12.9. The summed E-state index contributed by atoms with van der Waals surface area (Å²) in [7, 11) is 3.97. The number of likely N-dealkylation sites (tertiary alicyclic amines) is 1. The number of amides is 2. The maximum atomic E-state index is 12.1. The molecule has 0 radical (unpaired) electrons. The topological polar surface area (TPSA) is 52.7 Å². The summed E-state index contributed by atoms with van der Waals surface area (Å²) < 4.78 is 0. The summed E-state index contributed by atoms with van der Waals surface area (Å²) in [6, 6.07) is 8.05. The van der Waals surface area contributed by atoms with Crippen LogP contribution in [0.25, 0.3) is 0 Å².